The van der Waals surface area contributed by atoms with Crippen molar-refractivity contribution in [3.05, 3.63) is 35.9 Å². The fraction of sp³-hybridized carbons (Fsp3) is 0.154. The molecule has 0 aliphatic carbocycles. The van der Waals surface area contributed by atoms with Gasteiger partial charge in [-0.15, -0.1) is 0 Å². The quantitative estimate of drug-likeness (QED) is 0.889. The van der Waals surface area contributed by atoms with E-state index >= 15 is 0 Å². The van der Waals surface area contributed by atoms with Gasteiger partial charge in [-0.05, 0) is 18.2 Å². The molecule has 1 aromatic heterocycles. The Morgan fingerprint density at radius 2 is 2.05 bits per heavy atom. The van der Waals surface area contributed by atoms with Gasteiger partial charge in [0.2, 0.25) is 5.75 Å². The van der Waals surface area contributed by atoms with Gasteiger partial charge in [0.1, 0.15) is 18.2 Å². The molecule has 0 fully saturated rings. The highest BCUT2D eigenvalue weighted by molar-refractivity contribution is 5.72. The van der Waals surface area contributed by atoms with Crippen LogP contribution in [-0.4, -0.2) is 24.1 Å². The lowest BCUT2D eigenvalue weighted by molar-refractivity contribution is 0.415. The van der Waals surface area contributed by atoms with E-state index < -0.39 is 5.82 Å². The maximum Gasteiger partial charge on any atom is 0.204 e. The van der Waals surface area contributed by atoms with Gasteiger partial charge in [-0.25, -0.2) is 14.4 Å². The number of nitrogens with zero attached hydrogens (tertiary/aromatic N) is 3. The van der Waals surface area contributed by atoms with Gasteiger partial charge in [0, 0.05) is 7.05 Å². The smallest absolute Gasteiger partial charge is 0.204 e. The normalized spacial score (nSPS) is 9.70. The Morgan fingerprint density at radius 1 is 1.30 bits per heavy atom. The lowest BCUT2D eigenvalue weighted by Crippen LogP contribution is -2.04. The maximum atomic E-state index is 13.1. The second kappa shape index (κ2) is 5.84. The summed E-state index contributed by atoms with van der Waals surface area (Å²) in [4.78, 5) is 8.08. The molecule has 0 amide bonds. The molecule has 1 heterocycles. The Balaban J connectivity index is 2.43. The third-order valence-corrected chi connectivity index (χ3v) is 2.60. The zero-order chi connectivity index (χ0) is 14.5. The Kier molecular flexibility index (Phi) is 3.96. The van der Waals surface area contributed by atoms with Crippen LogP contribution in [0.5, 0.6) is 5.75 Å². The molecule has 20 heavy (non-hydrogen) atoms. The summed E-state index contributed by atoms with van der Waals surface area (Å²) >= 11 is 0. The van der Waals surface area contributed by atoms with Crippen molar-refractivity contribution in [2.75, 3.05) is 24.8 Å². The second-order valence-electron chi connectivity index (χ2n) is 3.78. The van der Waals surface area contributed by atoms with E-state index in [4.69, 9.17) is 10.00 Å². The van der Waals surface area contributed by atoms with Crippen LogP contribution in [0.4, 0.5) is 21.7 Å². The molecule has 0 bridgehead atoms. The molecule has 0 spiro atoms. The molecule has 0 radical (unpaired) electrons. The number of methoxy groups -OCH3 is 1. The fourth-order valence-corrected chi connectivity index (χ4v) is 1.68. The summed E-state index contributed by atoms with van der Waals surface area (Å²) in [6.45, 7) is 0. The van der Waals surface area contributed by atoms with Crippen molar-refractivity contribution < 1.29 is 9.13 Å². The van der Waals surface area contributed by atoms with Gasteiger partial charge in [0.05, 0.1) is 18.4 Å². The first kappa shape index (κ1) is 13.5. The van der Waals surface area contributed by atoms with E-state index in [-0.39, 0.29) is 5.56 Å². The van der Waals surface area contributed by atoms with Crippen LogP contribution < -0.4 is 15.4 Å². The molecule has 102 valence electrons. The summed E-state index contributed by atoms with van der Waals surface area (Å²) in [6.07, 6.45) is 1.35. The number of aromatic nitrogens is 2. The van der Waals surface area contributed by atoms with Gasteiger partial charge >= 0.3 is 0 Å². The van der Waals surface area contributed by atoms with Crippen LogP contribution in [0.2, 0.25) is 0 Å². The standard InChI is InChI=1S/C13H12FN5O/c1-16-12-11(20-2)13(18-7-17-12)19-10-4-3-9(14)5-8(10)6-15/h3-5,7H,1-2H3,(H2,16,17,18,19). The predicted octanol–water partition coefficient (Wildman–Crippen LogP) is 2.28. The van der Waals surface area contributed by atoms with Crippen LogP contribution in [0.3, 0.4) is 0 Å². The first-order chi connectivity index (χ1) is 9.69. The monoisotopic (exact) mass is 273 g/mol. The summed E-state index contributed by atoms with van der Waals surface area (Å²) in [5.41, 5.74) is 0.615. The number of ether oxygens (including phenoxy) is 1. The third kappa shape index (κ3) is 2.59. The zero-order valence-corrected chi connectivity index (χ0v) is 10.9. The molecule has 0 aliphatic rings. The highest BCUT2D eigenvalue weighted by Gasteiger charge is 2.13. The van der Waals surface area contributed by atoms with E-state index in [9.17, 15) is 4.39 Å². The molecular formula is C13H12FN5O. The summed E-state index contributed by atoms with van der Waals surface area (Å²) in [5, 5.41) is 14.8. The van der Waals surface area contributed by atoms with Gasteiger partial charge in [-0.1, -0.05) is 0 Å². The Bertz CT molecular complexity index is 668. The van der Waals surface area contributed by atoms with Crippen LogP contribution in [-0.2, 0) is 0 Å². The number of nitriles is 1. The molecule has 0 saturated carbocycles. The van der Waals surface area contributed by atoms with E-state index in [1.165, 1.54) is 25.6 Å². The highest BCUT2D eigenvalue weighted by atomic mass is 19.1. The lowest BCUT2D eigenvalue weighted by Gasteiger charge is -2.13. The van der Waals surface area contributed by atoms with Crippen molar-refractivity contribution in [3.63, 3.8) is 0 Å². The van der Waals surface area contributed by atoms with Gasteiger partial charge in [-0.3, -0.25) is 0 Å². The fourth-order valence-electron chi connectivity index (χ4n) is 1.68. The van der Waals surface area contributed by atoms with E-state index in [2.05, 4.69) is 20.6 Å². The molecule has 0 saturated heterocycles. The largest absolute Gasteiger partial charge is 0.490 e. The molecule has 0 atom stereocenters. The average molecular weight is 273 g/mol. The lowest BCUT2D eigenvalue weighted by atomic mass is 10.2. The van der Waals surface area contributed by atoms with E-state index in [0.29, 0.717) is 23.1 Å². The second-order valence-corrected chi connectivity index (χ2v) is 3.78. The van der Waals surface area contributed by atoms with Crippen LogP contribution >= 0.6 is 0 Å². The Morgan fingerprint density at radius 3 is 2.70 bits per heavy atom. The molecular weight excluding hydrogens is 261 g/mol. The summed E-state index contributed by atoms with van der Waals surface area (Å²) in [7, 11) is 3.19. The van der Waals surface area contributed by atoms with E-state index in [1.807, 2.05) is 6.07 Å². The predicted molar refractivity (Wildman–Crippen MR) is 72.5 cm³/mol. The molecule has 1 aromatic carbocycles. The van der Waals surface area contributed by atoms with Crippen LogP contribution in [0, 0.1) is 17.1 Å². The van der Waals surface area contributed by atoms with Crippen LogP contribution in [0.25, 0.3) is 0 Å². The van der Waals surface area contributed by atoms with Crippen molar-refractivity contribution in [2.45, 2.75) is 0 Å². The SMILES string of the molecule is CNc1ncnc(Nc2ccc(F)cc2C#N)c1OC. The van der Waals surface area contributed by atoms with Gasteiger partial charge in [-0.2, -0.15) is 5.26 Å². The number of anilines is 3. The average Bonchev–Trinajstić information content (AvgIpc) is 2.48. The number of hydrogen-bond acceptors (Lipinski definition) is 6. The maximum absolute atomic E-state index is 13.1. The molecule has 2 N–H and O–H groups in total. The number of rotatable bonds is 4. The van der Waals surface area contributed by atoms with Gasteiger partial charge in [0.25, 0.3) is 0 Å². The topological polar surface area (TPSA) is 82.9 Å². The van der Waals surface area contributed by atoms with Gasteiger partial charge in [0.15, 0.2) is 11.6 Å². The van der Waals surface area contributed by atoms with Crippen molar-refractivity contribution in [1.82, 2.24) is 9.97 Å². The highest BCUT2D eigenvalue weighted by Crippen LogP contribution is 2.31. The van der Waals surface area contributed by atoms with Gasteiger partial charge < -0.3 is 15.4 Å². The van der Waals surface area contributed by atoms with Crippen LogP contribution in [0.1, 0.15) is 5.56 Å². The van der Waals surface area contributed by atoms with E-state index in [1.54, 1.807) is 7.05 Å². The number of hydrogen-bond donors (Lipinski definition) is 2. The Hall–Kier alpha value is -2.88. The third-order valence-electron chi connectivity index (χ3n) is 2.60. The van der Waals surface area contributed by atoms with Crippen LogP contribution in [0.15, 0.2) is 24.5 Å². The first-order valence-corrected chi connectivity index (χ1v) is 5.73. The number of nitrogens with one attached hydrogen (secondary N) is 2. The van der Waals surface area contributed by atoms with Crippen molar-refractivity contribution in [2.24, 2.45) is 0 Å². The Labute approximate surface area is 115 Å². The van der Waals surface area contributed by atoms with Crippen molar-refractivity contribution in [1.29, 1.82) is 5.26 Å². The molecule has 2 aromatic rings. The zero-order valence-electron chi connectivity index (χ0n) is 10.9. The number of benzene rings is 1. The minimum absolute atomic E-state index is 0.177. The van der Waals surface area contributed by atoms with Crippen molar-refractivity contribution in [3.8, 4) is 11.8 Å². The minimum Gasteiger partial charge on any atom is -0.490 e. The summed E-state index contributed by atoms with van der Waals surface area (Å²) in [5.74, 6) is 0.821. The summed E-state index contributed by atoms with van der Waals surface area (Å²) in [6, 6.07) is 5.79. The first-order valence-electron chi connectivity index (χ1n) is 5.73. The summed E-state index contributed by atoms with van der Waals surface area (Å²) < 4.78 is 18.3. The molecule has 0 unspecified atom stereocenters. The van der Waals surface area contributed by atoms with Crippen molar-refractivity contribution >= 4 is 17.3 Å². The minimum atomic E-state index is -0.474. The number of halogens is 1. The van der Waals surface area contributed by atoms with E-state index in [0.717, 1.165) is 6.07 Å². The molecule has 6 nitrogen and oxygen atoms in total. The molecule has 2 rings (SSSR count). The molecule has 0 aliphatic heterocycles. The molecule has 7 heteroatoms.